The highest BCUT2D eigenvalue weighted by Crippen LogP contribution is 2.27. The summed E-state index contributed by atoms with van der Waals surface area (Å²) in [7, 11) is 1.67. The number of hydrogen-bond acceptors (Lipinski definition) is 3. The first kappa shape index (κ1) is 11.4. The average molecular weight is 220 g/mol. The zero-order valence-corrected chi connectivity index (χ0v) is 10.3. The molecule has 3 heteroatoms. The van der Waals surface area contributed by atoms with Gasteiger partial charge in [0.25, 0.3) is 0 Å². The van der Waals surface area contributed by atoms with E-state index >= 15 is 0 Å². The van der Waals surface area contributed by atoms with Crippen LogP contribution in [0.5, 0.6) is 5.88 Å². The Kier molecular flexibility index (Phi) is 3.44. The van der Waals surface area contributed by atoms with E-state index < -0.39 is 0 Å². The summed E-state index contributed by atoms with van der Waals surface area (Å²) in [5, 5.41) is 3.58. The zero-order valence-electron chi connectivity index (χ0n) is 10.3. The van der Waals surface area contributed by atoms with E-state index in [0.29, 0.717) is 6.04 Å². The van der Waals surface area contributed by atoms with Gasteiger partial charge in [-0.05, 0) is 43.9 Å². The van der Waals surface area contributed by atoms with E-state index in [4.69, 9.17) is 4.74 Å². The van der Waals surface area contributed by atoms with Gasteiger partial charge in [-0.15, -0.1) is 0 Å². The highest BCUT2D eigenvalue weighted by atomic mass is 16.5. The summed E-state index contributed by atoms with van der Waals surface area (Å²) < 4.78 is 5.21. The molecular weight excluding hydrogens is 200 g/mol. The Morgan fingerprint density at radius 2 is 2.19 bits per heavy atom. The maximum atomic E-state index is 5.21. The Balaban J connectivity index is 2.16. The van der Waals surface area contributed by atoms with Crippen LogP contribution in [-0.4, -0.2) is 18.6 Å². The summed E-state index contributed by atoms with van der Waals surface area (Å²) in [5.74, 6) is 1.51. The molecule has 2 unspecified atom stereocenters. The van der Waals surface area contributed by atoms with Crippen molar-refractivity contribution in [1.82, 2.24) is 10.3 Å². The van der Waals surface area contributed by atoms with E-state index in [2.05, 4.69) is 23.3 Å². The second kappa shape index (κ2) is 4.83. The number of piperidine rings is 1. The largest absolute Gasteiger partial charge is 0.481 e. The van der Waals surface area contributed by atoms with Crippen molar-refractivity contribution in [3.63, 3.8) is 0 Å². The molecule has 0 saturated carbocycles. The third-order valence-corrected chi connectivity index (χ3v) is 3.22. The van der Waals surface area contributed by atoms with E-state index in [1.54, 1.807) is 7.11 Å². The van der Waals surface area contributed by atoms with Crippen LogP contribution in [-0.2, 0) is 0 Å². The molecule has 0 bridgehead atoms. The average Bonchev–Trinajstić information content (AvgIpc) is 2.29. The van der Waals surface area contributed by atoms with Crippen molar-refractivity contribution in [2.75, 3.05) is 13.7 Å². The number of aryl methyl sites for hydroxylation is 1. The molecule has 2 heterocycles. The van der Waals surface area contributed by atoms with Crippen molar-refractivity contribution in [1.29, 1.82) is 0 Å². The summed E-state index contributed by atoms with van der Waals surface area (Å²) in [4.78, 5) is 4.31. The van der Waals surface area contributed by atoms with Crippen LogP contribution in [0.1, 0.15) is 37.1 Å². The van der Waals surface area contributed by atoms with Crippen molar-refractivity contribution < 1.29 is 4.74 Å². The number of aromatic nitrogens is 1. The molecule has 3 nitrogen and oxygen atoms in total. The monoisotopic (exact) mass is 220 g/mol. The lowest BCUT2D eigenvalue weighted by Crippen LogP contribution is -2.31. The number of nitrogens with one attached hydrogen (secondary N) is 1. The van der Waals surface area contributed by atoms with Gasteiger partial charge >= 0.3 is 0 Å². The summed E-state index contributed by atoms with van der Waals surface area (Å²) in [6, 6.07) is 4.66. The SMILES string of the molecule is COc1cc(C2CCC(C)CN2)cc(C)n1. The number of pyridine rings is 1. The lowest BCUT2D eigenvalue weighted by Gasteiger charge is -2.28. The predicted molar refractivity (Wildman–Crippen MR) is 64.7 cm³/mol. The molecule has 0 aliphatic carbocycles. The van der Waals surface area contributed by atoms with E-state index in [1.165, 1.54) is 18.4 Å². The lowest BCUT2D eigenvalue weighted by atomic mass is 9.92. The van der Waals surface area contributed by atoms with Gasteiger partial charge in [-0.2, -0.15) is 0 Å². The molecule has 0 radical (unpaired) electrons. The second-order valence-corrected chi connectivity index (χ2v) is 4.73. The standard InChI is InChI=1S/C13H20N2O/c1-9-4-5-12(14-8-9)11-6-10(2)15-13(7-11)16-3/h6-7,9,12,14H,4-5,8H2,1-3H3. The maximum Gasteiger partial charge on any atom is 0.213 e. The molecule has 2 rings (SSSR count). The van der Waals surface area contributed by atoms with Gasteiger partial charge in [0.15, 0.2) is 0 Å². The fraction of sp³-hybridized carbons (Fsp3) is 0.615. The molecule has 16 heavy (non-hydrogen) atoms. The van der Waals surface area contributed by atoms with Crippen LogP contribution in [0, 0.1) is 12.8 Å². The number of methoxy groups -OCH3 is 1. The number of ether oxygens (including phenoxy) is 1. The van der Waals surface area contributed by atoms with Crippen molar-refractivity contribution in [2.24, 2.45) is 5.92 Å². The molecule has 88 valence electrons. The zero-order chi connectivity index (χ0) is 11.5. The summed E-state index contributed by atoms with van der Waals surface area (Å²) in [6.45, 7) is 5.41. The Labute approximate surface area is 97.2 Å². The number of hydrogen-bond donors (Lipinski definition) is 1. The van der Waals surface area contributed by atoms with E-state index in [0.717, 1.165) is 24.0 Å². The topological polar surface area (TPSA) is 34.1 Å². The minimum atomic E-state index is 0.465. The van der Waals surface area contributed by atoms with Gasteiger partial charge in [-0.1, -0.05) is 6.92 Å². The second-order valence-electron chi connectivity index (χ2n) is 4.73. The fourth-order valence-electron chi connectivity index (χ4n) is 2.25. The van der Waals surface area contributed by atoms with Gasteiger partial charge < -0.3 is 10.1 Å². The van der Waals surface area contributed by atoms with Crippen molar-refractivity contribution in [2.45, 2.75) is 32.7 Å². The molecule has 0 amide bonds. The molecule has 2 atom stereocenters. The highest BCUT2D eigenvalue weighted by molar-refractivity contribution is 5.27. The van der Waals surface area contributed by atoms with Crippen molar-refractivity contribution in [3.05, 3.63) is 23.4 Å². The van der Waals surface area contributed by atoms with Crippen LogP contribution in [0.25, 0.3) is 0 Å². The van der Waals surface area contributed by atoms with Gasteiger partial charge in [-0.3, -0.25) is 0 Å². The molecule has 1 fully saturated rings. The van der Waals surface area contributed by atoms with Gasteiger partial charge in [0, 0.05) is 17.8 Å². The van der Waals surface area contributed by atoms with Gasteiger partial charge in [0.1, 0.15) is 0 Å². The Morgan fingerprint density at radius 1 is 1.38 bits per heavy atom. The Bertz CT molecular complexity index is 357. The smallest absolute Gasteiger partial charge is 0.213 e. The summed E-state index contributed by atoms with van der Waals surface area (Å²) in [5.41, 5.74) is 2.33. The Morgan fingerprint density at radius 3 is 2.81 bits per heavy atom. The minimum Gasteiger partial charge on any atom is -0.481 e. The lowest BCUT2D eigenvalue weighted by molar-refractivity contribution is 0.331. The third-order valence-electron chi connectivity index (χ3n) is 3.22. The molecule has 1 aromatic rings. The predicted octanol–water partition coefficient (Wildman–Crippen LogP) is 2.46. The van der Waals surface area contributed by atoms with Crippen LogP contribution in [0.3, 0.4) is 0 Å². The molecule has 0 aromatic carbocycles. The van der Waals surface area contributed by atoms with Crippen LogP contribution in [0.4, 0.5) is 0 Å². The molecule has 1 N–H and O–H groups in total. The van der Waals surface area contributed by atoms with Crippen LogP contribution in [0.15, 0.2) is 12.1 Å². The van der Waals surface area contributed by atoms with E-state index in [9.17, 15) is 0 Å². The molecule has 1 aromatic heterocycles. The van der Waals surface area contributed by atoms with Gasteiger partial charge in [0.05, 0.1) is 7.11 Å². The fourth-order valence-corrected chi connectivity index (χ4v) is 2.25. The number of rotatable bonds is 2. The molecule has 1 aliphatic heterocycles. The highest BCUT2D eigenvalue weighted by Gasteiger charge is 2.19. The summed E-state index contributed by atoms with van der Waals surface area (Å²) >= 11 is 0. The first-order chi connectivity index (χ1) is 7.69. The Hall–Kier alpha value is -1.09. The van der Waals surface area contributed by atoms with E-state index in [-0.39, 0.29) is 0 Å². The van der Waals surface area contributed by atoms with E-state index in [1.807, 2.05) is 13.0 Å². The molecular formula is C13H20N2O. The van der Waals surface area contributed by atoms with Crippen molar-refractivity contribution in [3.8, 4) is 5.88 Å². The first-order valence-corrected chi connectivity index (χ1v) is 5.95. The molecule has 0 spiro atoms. The van der Waals surface area contributed by atoms with Gasteiger partial charge in [0.2, 0.25) is 5.88 Å². The van der Waals surface area contributed by atoms with Crippen molar-refractivity contribution >= 4 is 0 Å². The summed E-state index contributed by atoms with van der Waals surface area (Å²) in [6.07, 6.45) is 2.50. The van der Waals surface area contributed by atoms with Crippen LogP contribution in [0.2, 0.25) is 0 Å². The minimum absolute atomic E-state index is 0.465. The third kappa shape index (κ3) is 2.53. The maximum absolute atomic E-state index is 5.21. The molecule has 1 saturated heterocycles. The quantitative estimate of drug-likeness (QED) is 0.831. The number of nitrogens with zero attached hydrogens (tertiary/aromatic N) is 1. The first-order valence-electron chi connectivity index (χ1n) is 5.95. The van der Waals surface area contributed by atoms with Gasteiger partial charge in [-0.25, -0.2) is 4.98 Å². The molecule has 1 aliphatic rings. The van der Waals surface area contributed by atoms with Crippen LogP contribution < -0.4 is 10.1 Å². The van der Waals surface area contributed by atoms with Crippen LogP contribution >= 0.6 is 0 Å². The normalized spacial score (nSPS) is 25.4.